The van der Waals surface area contributed by atoms with Crippen molar-refractivity contribution in [2.24, 2.45) is 0 Å². The van der Waals surface area contributed by atoms with E-state index < -0.39 is 0 Å². The van der Waals surface area contributed by atoms with Crippen LogP contribution in [0.3, 0.4) is 0 Å². The summed E-state index contributed by atoms with van der Waals surface area (Å²) in [5.74, 6) is 0. The molecule has 0 heterocycles. The van der Waals surface area contributed by atoms with E-state index in [1.807, 2.05) is 91.8 Å². The standard InChI is InChI=1S/C18H21N.3C2H6/c1-5-12-16(7-3)19(17(8-4)13-6-2)18-14-10-9-11-15-18;3*1-2/h5-15H,1,3H2,2,4H3;3*1-2H3/b13-6-,16-12+,17-8+;;;. The lowest BCUT2D eigenvalue weighted by Crippen LogP contribution is -2.19. The summed E-state index contributed by atoms with van der Waals surface area (Å²) in [6.45, 7) is 23.7. The van der Waals surface area contributed by atoms with Crippen LogP contribution in [-0.2, 0) is 0 Å². The summed E-state index contributed by atoms with van der Waals surface area (Å²) in [5.41, 5.74) is 3.19. The Hall–Kier alpha value is -2.28. The zero-order chi connectivity index (χ0) is 20.1. The van der Waals surface area contributed by atoms with E-state index in [1.54, 1.807) is 6.08 Å². The predicted molar refractivity (Wildman–Crippen MR) is 120 cm³/mol. The van der Waals surface area contributed by atoms with E-state index in [2.05, 4.69) is 42.3 Å². The number of allylic oxidation sites excluding steroid dienone is 6. The van der Waals surface area contributed by atoms with Crippen LogP contribution in [0.15, 0.2) is 91.3 Å². The van der Waals surface area contributed by atoms with Gasteiger partial charge in [-0.1, -0.05) is 91.1 Å². The summed E-state index contributed by atoms with van der Waals surface area (Å²) in [7, 11) is 0. The zero-order valence-electron chi connectivity index (χ0n) is 17.7. The molecule has 1 rings (SSSR count). The number of nitrogens with zero attached hydrogens (tertiary/aromatic N) is 1. The smallest absolute Gasteiger partial charge is 0.0461 e. The third-order valence-electron chi connectivity index (χ3n) is 2.66. The van der Waals surface area contributed by atoms with Gasteiger partial charge in [-0.15, -0.1) is 0 Å². The first kappa shape index (κ1) is 27.6. The van der Waals surface area contributed by atoms with Gasteiger partial charge in [0.25, 0.3) is 0 Å². The Balaban J connectivity index is -0.000000725. The molecule has 0 fully saturated rings. The maximum Gasteiger partial charge on any atom is 0.0461 e. The fraction of sp³-hybridized carbons (Fsp3) is 0.333. The molecule has 140 valence electrons. The van der Waals surface area contributed by atoms with E-state index in [9.17, 15) is 0 Å². The van der Waals surface area contributed by atoms with Crippen molar-refractivity contribution < 1.29 is 0 Å². The van der Waals surface area contributed by atoms with E-state index >= 15 is 0 Å². The third kappa shape index (κ3) is 11.0. The molecule has 1 aromatic rings. The number of hydrogen-bond donors (Lipinski definition) is 0. The third-order valence-corrected chi connectivity index (χ3v) is 2.66. The number of hydrogen-bond acceptors (Lipinski definition) is 1. The number of anilines is 1. The quantitative estimate of drug-likeness (QED) is 0.470. The summed E-state index contributed by atoms with van der Waals surface area (Å²) in [6.07, 6.45) is 11.7. The van der Waals surface area contributed by atoms with Gasteiger partial charge < -0.3 is 4.90 Å². The monoisotopic (exact) mass is 341 g/mol. The van der Waals surface area contributed by atoms with Crippen molar-refractivity contribution in [2.45, 2.75) is 55.4 Å². The molecule has 0 N–H and O–H groups in total. The summed E-state index contributed by atoms with van der Waals surface area (Å²) in [4.78, 5) is 2.15. The van der Waals surface area contributed by atoms with Crippen LogP contribution in [0.2, 0.25) is 0 Å². The molecular weight excluding hydrogens is 302 g/mol. The Kier molecular flexibility index (Phi) is 23.9. The van der Waals surface area contributed by atoms with Gasteiger partial charge >= 0.3 is 0 Å². The van der Waals surface area contributed by atoms with Crippen molar-refractivity contribution in [3.05, 3.63) is 91.3 Å². The van der Waals surface area contributed by atoms with Gasteiger partial charge in [-0.25, -0.2) is 0 Å². The van der Waals surface area contributed by atoms with Gasteiger partial charge in [0.15, 0.2) is 0 Å². The average molecular weight is 342 g/mol. The largest absolute Gasteiger partial charge is 0.311 e. The van der Waals surface area contributed by atoms with Crippen LogP contribution in [-0.4, -0.2) is 0 Å². The summed E-state index contributed by atoms with van der Waals surface area (Å²) < 4.78 is 0. The SMILES string of the molecule is C=C/C=C(\C=C)N(C(/C=C\C)=C/C)c1ccccc1.CC.CC.CC. The molecule has 0 aliphatic carbocycles. The molecule has 0 aliphatic rings. The van der Waals surface area contributed by atoms with Crippen molar-refractivity contribution in [1.29, 1.82) is 0 Å². The Bertz CT molecular complexity index is 504. The van der Waals surface area contributed by atoms with Crippen LogP contribution < -0.4 is 4.90 Å². The Morgan fingerprint density at radius 2 is 1.36 bits per heavy atom. The second-order valence-corrected chi connectivity index (χ2v) is 3.92. The van der Waals surface area contributed by atoms with Crippen molar-refractivity contribution in [3.63, 3.8) is 0 Å². The van der Waals surface area contributed by atoms with Crippen molar-refractivity contribution in [3.8, 4) is 0 Å². The maximum atomic E-state index is 3.89. The fourth-order valence-corrected chi connectivity index (χ4v) is 1.85. The van der Waals surface area contributed by atoms with Gasteiger partial charge in [-0.3, -0.25) is 0 Å². The van der Waals surface area contributed by atoms with Gasteiger partial charge in [0, 0.05) is 17.1 Å². The zero-order valence-corrected chi connectivity index (χ0v) is 17.7. The molecule has 0 saturated heterocycles. The molecule has 0 bridgehead atoms. The molecule has 0 saturated carbocycles. The van der Waals surface area contributed by atoms with Crippen LogP contribution in [0.25, 0.3) is 0 Å². The number of rotatable bonds is 6. The summed E-state index contributed by atoms with van der Waals surface area (Å²) in [5, 5.41) is 0. The molecule has 1 heteroatoms. The van der Waals surface area contributed by atoms with Crippen molar-refractivity contribution >= 4 is 5.69 Å². The maximum absolute atomic E-state index is 3.89. The molecule has 1 aromatic carbocycles. The van der Waals surface area contributed by atoms with Crippen molar-refractivity contribution in [2.75, 3.05) is 4.90 Å². The number of benzene rings is 1. The lowest BCUT2D eigenvalue weighted by molar-refractivity contribution is 1.13. The first-order chi connectivity index (χ1) is 12.3. The molecular formula is C24H39N. The Morgan fingerprint density at radius 3 is 1.72 bits per heavy atom. The normalized spacial score (nSPS) is 10.2. The lowest BCUT2D eigenvalue weighted by atomic mass is 10.2. The molecule has 0 spiro atoms. The molecule has 0 aliphatic heterocycles. The highest BCUT2D eigenvalue weighted by atomic mass is 15.1. The highest BCUT2D eigenvalue weighted by Gasteiger charge is 2.11. The van der Waals surface area contributed by atoms with Crippen molar-refractivity contribution in [1.82, 2.24) is 0 Å². The Morgan fingerprint density at radius 1 is 0.840 bits per heavy atom. The van der Waals surface area contributed by atoms with Crippen LogP contribution in [0.5, 0.6) is 0 Å². The van der Waals surface area contributed by atoms with Crippen LogP contribution >= 0.6 is 0 Å². The molecule has 25 heavy (non-hydrogen) atoms. The number of para-hydroxylation sites is 1. The Labute approximate surface area is 157 Å². The van der Waals surface area contributed by atoms with E-state index in [-0.39, 0.29) is 0 Å². The highest BCUT2D eigenvalue weighted by Crippen LogP contribution is 2.25. The fourth-order valence-electron chi connectivity index (χ4n) is 1.85. The summed E-state index contributed by atoms with van der Waals surface area (Å²) >= 11 is 0. The molecule has 0 aromatic heterocycles. The van der Waals surface area contributed by atoms with Gasteiger partial charge in [-0.05, 0) is 44.2 Å². The van der Waals surface area contributed by atoms with E-state index in [1.165, 1.54) is 0 Å². The topological polar surface area (TPSA) is 3.24 Å². The minimum absolute atomic E-state index is 0.993. The van der Waals surface area contributed by atoms with Crippen LogP contribution in [0, 0.1) is 0 Å². The van der Waals surface area contributed by atoms with Gasteiger partial charge in [-0.2, -0.15) is 0 Å². The van der Waals surface area contributed by atoms with Crippen LogP contribution in [0.4, 0.5) is 5.69 Å². The highest BCUT2D eigenvalue weighted by molar-refractivity contribution is 5.62. The molecule has 0 unspecified atom stereocenters. The predicted octanol–water partition coefficient (Wildman–Crippen LogP) is 8.31. The van der Waals surface area contributed by atoms with Gasteiger partial charge in [0.05, 0.1) is 0 Å². The van der Waals surface area contributed by atoms with Gasteiger partial charge in [0.1, 0.15) is 0 Å². The lowest BCUT2D eigenvalue weighted by Gasteiger charge is -2.27. The molecule has 1 nitrogen and oxygen atoms in total. The minimum Gasteiger partial charge on any atom is -0.311 e. The van der Waals surface area contributed by atoms with E-state index in [0.717, 1.165) is 17.1 Å². The minimum atomic E-state index is 0.993. The van der Waals surface area contributed by atoms with Gasteiger partial charge in [0.2, 0.25) is 0 Å². The second-order valence-electron chi connectivity index (χ2n) is 3.92. The van der Waals surface area contributed by atoms with E-state index in [0.29, 0.717) is 0 Å². The summed E-state index contributed by atoms with van der Waals surface area (Å²) in [6, 6.07) is 10.2. The second kappa shape index (κ2) is 21.7. The molecule has 0 radical (unpaired) electrons. The van der Waals surface area contributed by atoms with Crippen LogP contribution in [0.1, 0.15) is 55.4 Å². The first-order valence-electron chi connectivity index (χ1n) is 9.37. The van der Waals surface area contributed by atoms with E-state index in [4.69, 9.17) is 0 Å². The first-order valence-corrected chi connectivity index (χ1v) is 9.37. The molecule has 0 amide bonds. The molecule has 0 atom stereocenters. The average Bonchev–Trinajstić information content (AvgIpc) is 2.72.